The first-order valence-corrected chi connectivity index (χ1v) is 5.62. The molecular weight excluding hydrogens is 244 g/mol. The number of nitrogen functional groups attached to an aromatic ring is 1. The van der Waals surface area contributed by atoms with E-state index in [1.165, 1.54) is 18.5 Å². The van der Waals surface area contributed by atoms with Gasteiger partial charge in [-0.15, -0.1) is 0 Å². The molecule has 3 rings (SSSR count). The van der Waals surface area contributed by atoms with Gasteiger partial charge in [0, 0.05) is 29.7 Å². The number of hydrogen-bond acceptors (Lipinski definition) is 5. The van der Waals surface area contributed by atoms with Crippen molar-refractivity contribution in [3.63, 3.8) is 0 Å². The maximum absolute atomic E-state index is 11.7. The molecule has 19 heavy (non-hydrogen) atoms. The van der Waals surface area contributed by atoms with Gasteiger partial charge in [0.2, 0.25) is 5.82 Å². The minimum atomic E-state index is -0.185. The number of aromatic amines is 1. The summed E-state index contributed by atoms with van der Waals surface area (Å²) in [6.07, 6.45) is 3.06. The van der Waals surface area contributed by atoms with Crippen molar-refractivity contribution in [2.75, 3.05) is 5.73 Å². The molecule has 2 heterocycles. The molecule has 0 saturated carbocycles. The maximum Gasteiger partial charge on any atom is 0.263 e. The van der Waals surface area contributed by atoms with E-state index in [0.717, 1.165) is 0 Å². The molecule has 3 N–H and O–H groups in total. The number of pyridine rings is 1. The lowest BCUT2D eigenvalue weighted by atomic mass is 10.2. The highest BCUT2D eigenvalue weighted by Gasteiger charge is 2.14. The highest BCUT2D eigenvalue weighted by molar-refractivity contribution is 5.71. The molecule has 6 nitrogen and oxygen atoms in total. The van der Waals surface area contributed by atoms with Crippen molar-refractivity contribution in [1.29, 1.82) is 0 Å². The number of nitrogens with zero attached hydrogens (tertiary/aromatic N) is 2. The lowest BCUT2D eigenvalue weighted by molar-refractivity contribution is 0.432. The van der Waals surface area contributed by atoms with Gasteiger partial charge in [0.05, 0.1) is 0 Å². The Bertz CT molecular complexity index is 776. The normalized spacial score (nSPS) is 10.5. The number of aromatic nitrogens is 3. The Balaban J connectivity index is 2.08. The first kappa shape index (κ1) is 11.2. The van der Waals surface area contributed by atoms with Crippen molar-refractivity contribution in [1.82, 2.24) is 15.1 Å². The molecule has 0 saturated heterocycles. The van der Waals surface area contributed by atoms with Crippen LogP contribution in [0.3, 0.4) is 0 Å². The fourth-order valence-corrected chi connectivity index (χ4v) is 1.73. The van der Waals surface area contributed by atoms with Crippen LogP contribution in [0.4, 0.5) is 5.69 Å². The molecule has 0 unspecified atom stereocenters. The quantitative estimate of drug-likeness (QED) is 0.678. The zero-order valence-corrected chi connectivity index (χ0v) is 9.83. The smallest absolute Gasteiger partial charge is 0.263 e. The average molecular weight is 254 g/mol. The lowest BCUT2D eigenvalue weighted by Crippen LogP contribution is -2.02. The zero-order chi connectivity index (χ0) is 13.2. The molecule has 0 spiro atoms. The molecule has 0 amide bonds. The summed E-state index contributed by atoms with van der Waals surface area (Å²) in [6, 6.07) is 8.59. The molecule has 0 radical (unpaired) electrons. The molecule has 2 aromatic heterocycles. The summed E-state index contributed by atoms with van der Waals surface area (Å²) in [5, 5.41) is 3.85. The Labute approximate surface area is 107 Å². The number of para-hydroxylation sites is 1. The molecule has 0 aliphatic rings. The topological polar surface area (TPSA) is 97.8 Å². The van der Waals surface area contributed by atoms with Gasteiger partial charge in [-0.05, 0) is 12.1 Å². The number of anilines is 1. The van der Waals surface area contributed by atoms with E-state index in [2.05, 4.69) is 15.1 Å². The molecule has 0 aliphatic carbocycles. The van der Waals surface area contributed by atoms with Gasteiger partial charge >= 0.3 is 0 Å². The van der Waals surface area contributed by atoms with Crippen LogP contribution in [-0.4, -0.2) is 15.1 Å². The highest BCUT2D eigenvalue weighted by atomic mass is 16.5. The summed E-state index contributed by atoms with van der Waals surface area (Å²) in [6.45, 7) is 0. The summed E-state index contributed by atoms with van der Waals surface area (Å²) < 4.78 is 5.10. The van der Waals surface area contributed by atoms with E-state index >= 15 is 0 Å². The molecule has 0 atom stereocenters. The maximum atomic E-state index is 11.7. The van der Waals surface area contributed by atoms with Crippen LogP contribution in [0.1, 0.15) is 0 Å². The third kappa shape index (κ3) is 1.99. The molecule has 3 aromatic rings. The Kier molecular flexibility index (Phi) is 2.60. The van der Waals surface area contributed by atoms with E-state index in [-0.39, 0.29) is 11.3 Å². The summed E-state index contributed by atoms with van der Waals surface area (Å²) in [7, 11) is 0. The summed E-state index contributed by atoms with van der Waals surface area (Å²) in [5.41, 5.74) is 7.21. The van der Waals surface area contributed by atoms with Crippen LogP contribution in [0, 0.1) is 0 Å². The van der Waals surface area contributed by atoms with E-state index in [1.54, 1.807) is 12.1 Å². The van der Waals surface area contributed by atoms with Gasteiger partial charge in [0.1, 0.15) is 5.56 Å². The minimum Gasteiger partial charge on any atom is -0.398 e. The molecular formula is C13H10N4O2. The first-order chi connectivity index (χ1) is 9.25. The van der Waals surface area contributed by atoms with E-state index in [0.29, 0.717) is 22.6 Å². The number of hydrogen-bond donors (Lipinski definition) is 2. The van der Waals surface area contributed by atoms with Crippen molar-refractivity contribution in [3.8, 4) is 22.8 Å². The van der Waals surface area contributed by atoms with Crippen LogP contribution in [0.2, 0.25) is 0 Å². The van der Waals surface area contributed by atoms with Crippen molar-refractivity contribution >= 4 is 5.69 Å². The van der Waals surface area contributed by atoms with E-state index in [1.807, 2.05) is 12.1 Å². The molecule has 0 aliphatic heterocycles. The van der Waals surface area contributed by atoms with Gasteiger partial charge in [-0.25, -0.2) is 0 Å². The number of nitrogens with one attached hydrogen (secondary N) is 1. The van der Waals surface area contributed by atoms with Crippen LogP contribution in [0.5, 0.6) is 0 Å². The Morgan fingerprint density at radius 1 is 1.16 bits per heavy atom. The first-order valence-electron chi connectivity index (χ1n) is 5.62. The van der Waals surface area contributed by atoms with Crippen LogP contribution >= 0.6 is 0 Å². The average Bonchev–Trinajstić information content (AvgIpc) is 2.89. The number of H-pyrrole nitrogens is 1. The summed E-state index contributed by atoms with van der Waals surface area (Å²) >= 11 is 0. The van der Waals surface area contributed by atoms with Gasteiger partial charge in [0.15, 0.2) is 5.43 Å². The molecule has 94 valence electrons. The lowest BCUT2D eigenvalue weighted by Gasteiger charge is -1.97. The van der Waals surface area contributed by atoms with E-state index in [4.69, 9.17) is 10.3 Å². The Hall–Kier alpha value is -2.89. The largest absolute Gasteiger partial charge is 0.398 e. The Morgan fingerprint density at radius 3 is 2.79 bits per heavy atom. The van der Waals surface area contributed by atoms with Crippen molar-refractivity contribution in [2.24, 2.45) is 0 Å². The van der Waals surface area contributed by atoms with Crippen molar-refractivity contribution in [3.05, 3.63) is 52.9 Å². The Morgan fingerprint density at radius 2 is 2.00 bits per heavy atom. The van der Waals surface area contributed by atoms with Gasteiger partial charge in [-0.3, -0.25) is 4.79 Å². The van der Waals surface area contributed by atoms with Crippen LogP contribution in [-0.2, 0) is 0 Å². The predicted molar refractivity (Wildman–Crippen MR) is 70.2 cm³/mol. The van der Waals surface area contributed by atoms with Gasteiger partial charge in [-0.2, -0.15) is 4.98 Å². The summed E-state index contributed by atoms with van der Waals surface area (Å²) in [5.74, 6) is 0.524. The molecule has 6 heteroatoms. The second-order valence-corrected chi connectivity index (χ2v) is 3.93. The second-order valence-electron chi connectivity index (χ2n) is 3.93. The fraction of sp³-hybridized carbons (Fsp3) is 0. The molecule has 0 fully saturated rings. The van der Waals surface area contributed by atoms with Crippen LogP contribution in [0.15, 0.2) is 52.0 Å². The van der Waals surface area contributed by atoms with Crippen LogP contribution < -0.4 is 11.2 Å². The fourth-order valence-electron chi connectivity index (χ4n) is 1.73. The second kappa shape index (κ2) is 4.41. The minimum absolute atomic E-state index is 0.167. The summed E-state index contributed by atoms with van der Waals surface area (Å²) in [4.78, 5) is 18.7. The van der Waals surface area contributed by atoms with Gasteiger partial charge in [-0.1, -0.05) is 17.3 Å². The standard InChI is InChI=1S/C13H10N4O2/c14-10-4-2-1-3-8(10)12-16-13(19-17-12)9-7-15-6-5-11(9)18/h1-7H,14H2,(H,15,18). The molecule has 1 aromatic carbocycles. The number of rotatable bonds is 2. The van der Waals surface area contributed by atoms with Gasteiger partial charge in [0.25, 0.3) is 5.89 Å². The van der Waals surface area contributed by atoms with E-state index < -0.39 is 0 Å². The monoisotopic (exact) mass is 254 g/mol. The van der Waals surface area contributed by atoms with E-state index in [9.17, 15) is 4.79 Å². The third-order valence-electron chi connectivity index (χ3n) is 2.68. The number of nitrogens with two attached hydrogens (primary N) is 1. The third-order valence-corrected chi connectivity index (χ3v) is 2.68. The highest BCUT2D eigenvalue weighted by Crippen LogP contribution is 2.24. The molecule has 0 bridgehead atoms. The SMILES string of the molecule is Nc1ccccc1-c1noc(-c2c[nH]ccc2=O)n1. The predicted octanol–water partition coefficient (Wildman–Crippen LogP) is 1.67. The van der Waals surface area contributed by atoms with Gasteiger partial charge < -0.3 is 15.2 Å². The van der Waals surface area contributed by atoms with Crippen molar-refractivity contribution in [2.45, 2.75) is 0 Å². The number of benzene rings is 1. The van der Waals surface area contributed by atoms with Crippen molar-refractivity contribution < 1.29 is 4.52 Å². The zero-order valence-electron chi connectivity index (χ0n) is 9.83. The van der Waals surface area contributed by atoms with Crippen LogP contribution in [0.25, 0.3) is 22.8 Å².